The highest BCUT2D eigenvalue weighted by molar-refractivity contribution is 5.98. The van der Waals surface area contributed by atoms with E-state index >= 15 is 0 Å². The summed E-state index contributed by atoms with van der Waals surface area (Å²) in [4.78, 5) is 14.2. The summed E-state index contributed by atoms with van der Waals surface area (Å²) in [5.41, 5.74) is 3.48. The van der Waals surface area contributed by atoms with Crippen molar-refractivity contribution in [2.24, 2.45) is 4.99 Å². The van der Waals surface area contributed by atoms with E-state index in [2.05, 4.69) is 15.5 Å². The molecule has 0 aromatic carbocycles. The maximum absolute atomic E-state index is 5.59. The number of ether oxygens (including phenoxy) is 1. The summed E-state index contributed by atoms with van der Waals surface area (Å²) >= 11 is 0. The van der Waals surface area contributed by atoms with E-state index in [-0.39, 0.29) is 0 Å². The zero-order valence-corrected chi connectivity index (χ0v) is 8.85. The number of nitrogens with zero attached hydrogens (tertiary/aromatic N) is 2. The van der Waals surface area contributed by atoms with Gasteiger partial charge in [0.25, 0.3) is 0 Å². The Kier molecular flexibility index (Phi) is 2.34. The second-order valence-electron chi connectivity index (χ2n) is 3.96. The Morgan fingerprint density at radius 1 is 1.19 bits per heavy atom. The molecule has 16 heavy (non-hydrogen) atoms. The standard InChI is InChI=1S/C11H13N3O2/c1-5-12-6-2-9(1)10-13-11(16-14-10)3-7-15-8-4-11/h1-2,5-6H,3-4,7-8H2,(H,13,14). The third-order valence-corrected chi connectivity index (χ3v) is 2.88. The largest absolute Gasteiger partial charge is 0.381 e. The molecule has 1 fully saturated rings. The summed E-state index contributed by atoms with van der Waals surface area (Å²) in [6.07, 6.45) is 5.09. The number of hydrogen-bond donors (Lipinski definition) is 1. The van der Waals surface area contributed by atoms with Gasteiger partial charge in [-0.3, -0.25) is 4.98 Å². The van der Waals surface area contributed by atoms with Gasteiger partial charge in [-0.25, -0.2) is 15.3 Å². The van der Waals surface area contributed by atoms with Crippen molar-refractivity contribution >= 4 is 5.84 Å². The van der Waals surface area contributed by atoms with Gasteiger partial charge in [-0.1, -0.05) is 0 Å². The van der Waals surface area contributed by atoms with E-state index in [1.165, 1.54) is 0 Å². The maximum Gasteiger partial charge on any atom is 0.191 e. The molecule has 5 nitrogen and oxygen atoms in total. The summed E-state index contributed by atoms with van der Waals surface area (Å²) in [5, 5.41) is 0. The van der Waals surface area contributed by atoms with Crippen LogP contribution in [0.25, 0.3) is 0 Å². The SMILES string of the molecule is c1cc(C2=NC3(CCOCC3)ON2)ccn1. The van der Waals surface area contributed by atoms with Crippen LogP contribution in [0.4, 0.5) is 0 Å². The molecule has 1 N–H and O–H groups in total. The van der Waals surface area contributed by atoms with Gasteiger partial charge in [-0.2, -0.15) is 0 Å². The summed E-state index contributed by atoms with van der Waals surface area (Å²) in [7, 11) is 0. The number of amidine groups is 1. The average molecular weight is 219 g/mol. The predicted molar refractivity (Wildman–Crippen MR) is 57.8 cm³/mol. The number of aromatic nitrogens is 1. The van der Waals surface area contributed by atoms with Gasteiger partial charge in [0.2, 0.25) is 0 Å². The zero-order chi connectivity index (χ0) is 10.8. The van der Waals surface area contributed by atoms with Crippen molar-refractivity contribution in [3.05, 3.63) is 30.1 Å². The first-order valence-corrected chi connectivity index (χ1v) is 5.40. The summed E-state index contributed by atoms with van der Waals surface area (Å²) < 4.78 is 5.31. The Hall–Kier alpha value is -1.46. The molecule has 0 atom stereocenters. The minimum atomic E-state index is -0.420. The van der Waals surface area contributed by atoms with Crippen LogP contribution in [-0.4, -0.2) is 29.8 Å². The number of hydroxylamine groups is 1. The third-order valence-electron chi connectivity index (χ3n) is 2.88. The van der Waals surface area contributed by atoms with E-state index in [1.54, 1.807) is 12.4 Å². The van der Waals surface area contributed by atoms with Crippen molar-refractivity contribution in [1.29, 1.82) is 0 Å². The zero-order valence-electron chi connectivity index (χ0n) is 8.85. The van der Waals surface area contributed by atoms with Crippen molar-refractivity contribution < 1.29 is 9.57 Å². The monoisotopic (exact) mass is 219 g/mol. The number of rotatable bonds is 1. The van der Waals surface area contributed by atoms with Gasteiger partial charge in [-0.15, -0.1) is 0 Å². The average Bonchev–Trinajstić information content (AvgIpc) is 2.75. The molecule has 84 valence electrons. The molecular formula is C11H13N3O2. The molecule has 0 aliphatic carbocycles. The Balaban J connectivity index is 1.86. The van der Waals surface area contributed by atoms with Crippen molar-refractivity contribution in [3.63, 3.8) is 0 Å². The van der Waals surface area contributed by atoms with Crippen LogP contribution in [0.1, 0.15) is 18.4 Å². The molecule has 0 unspecified atom stereocenters. The molecule has 1 aromatic rings. The maximum atomic E-state index is 5.59. The molecular weight excluding hydrogens is 206 g/mol. The normalized spacial score (nSPS) is 22.9. The van der Waals surface area contributed by atoms with Gasteiger partial charge in [0.05, 0.1) is 13.2 Å². The van der Waals surface area contributed by atoms with E-state index in [4.69, 9.17) is 9.57 Å². The molecule has 3 heterocycles. The first-order valence-electron chi connectivity index (χ1n) is 5.40. The van der Waals surface area contributed by atoms with E-state index in [0.717, 1.165) is 24.2 Å². The van der Waals surface area contributed by atoms with Gasteiger partial charge < -0.3 is 4.74 Å². The number of pyridine rings is 1. The van der Waals surface area contributed by atoms with Crippen LogP contribution in [0.2, 0.25) is 0 Å². The Morgan fingerprint density at radius 3 is 2.69 bits per heavy atom. The van der Waals surface area contributed by atoms with Crippen molar-refractivity contribution in [2.45, 2.75) is 18.6 Å². The summed E-state index contributed by atoms with van der Waals surface area (Å²) in [5.74, 6) is 0.782. The third kappa shape index (κ3) is 1.68. The van der Waals surface area contributed by atoms with Crippen LogP contribution in [0, 0.1) is 0 Å². The number of aliphatic imine (C=N–C) groups is 1. The van der Waals surface area contributed by atoms with Gasteiger partial charge in [0.15, 0.2) is 11.6 Å². The molecule has 1 aromatic heterocycles. The molecule has 0 radical (unpaired) electrons. The van der Waals surface area contributed by atoms with Gasteiger partial charge in [-0.05, 0) is 12.1 Å². The molecule has 1 spiro atoms. The van der Waals surface area contributed by atoms with Gasteiger partial charge in [0.1, 0.15) is 0 Å². The topological polar surface area (TPSA) is 55.7 Å². The smallest absolute Gasteiger partial charge is 0.191 e. The minimum absolute atomic E-state index is 0.420. The van der Waals surface area contributed by atoms with Gasteiger partial charge >= 0.3 is 0 Å². The molecule has 0 bridgehead atoms. The quantitative estimate of drug-likeness (QED) is 0.761. The van der Waals surface area contributed by atoms with Crippen LogP contribution >= 0.6 is 0 Å². The fourth-order valence-corrected chi connectivity index (χ4v) is 1.93. The highest BCUT2D eigenvalue weighted by Gasteiger charge is 2.38. The number of nitrogens with one attached hydrogen (secondary N) is 1. The Labute approximate surface area is 93.5 Å². The Morgan fingerprint density at radius 2 is 1.94 bits per heavy atom. The van der Waals surface area contributed by atoms with Crippen LogP contribution in [0.3, 0.4) is 0 Å². The molecule has 0 amide bonds. The van der Waals surface area contributed by atoms with Crippen LogP contribution in [0.5, 0.6) is 0 Å². The van der Waals surface area contributed by atoms with E-state index < -0.39 is 5.72 Å². The second kappa shape index (κ2) is 3.84. The predicted octanol–water partition coefficient (Wildman–Crippen LogP) is 0.870. The first-order chi connectivity index (χ1) is 7.88. The van der Waals surface area contributed by atoms with Crippen LogP contribution in [-0.2, 0) is 9.57 Å². The molecule has 2 aliphatic heterocycles. The van der Waals surface area contributed by atoms with Crippen LogP contribution in [0.15, 0.2) is 29.5 Å². The van der Waals surface area contributed by atoms with E-state index in [1.807, 2.05) is 12.1 Å². The fraction of sp³-hybridized carbons (Fsp3) is 0.455. The lowest BCUT2D eigenvalue weighted by molar-refractivity contribution is -0.114. The van der Waals surface area contributed by atoms with Crippen molar-refractivity contribution in [1.82, 2.24) is 10.5 Å². The lowest BCUT2D eigenvalue weighted by Gasteiger charge is -2.27. The minimum Gasteiger partial charge on any atom is -0.381 e. The van der Waals surface area contributed by atoms with Gasteiger partial charge in [0, 0.05) is 30.8 Å². The lowest BCUT2D eigenvalue weighted by Crippen LogP contribution is -2.36. The fourth-order valence-electron chi connectivity index (χ4n) is 1.93. The highest BCUT2D eigenvalue weighted by Crippen LogP contribution is 2.29. The van der Waals surface area contributed by atoms with Crippen molar-refractivity contribution in [3.8, 4) is 0 Å². The van der Waals surface area contributed by atoms with Crippen LogP contribution < -0.4 is 5.48 Å². The summed E-state index contributed by atoms with van der Waals surface area (Å²) in [6, 6.07) is 3.82. The number of hydrogen-bond acceptors (Lipinski definition) is 5. The molecule has 2 aliphatic rings. The van der Waals surface area contributed by atoms with Crippen molar-refractivity contribution in [2.75, 3.05) is 13.2 Å². The second-order valence-corrected chi connectivity index (χ2v) is 3.96. The lowest BCUT2D eigenvalue weighted by atomic mass is 10.1. The highest BCUT2D eigenvalue weighted by atomic mass is 16.7. The summed E-state index contributed by atoms with van der Waals surface area (Å²) in [6.45, 7) is 1.41. The molecule has 3 rings (SSSR count). The molecule has 0 saturated carbocycles. The molecule has 5 heteroatoms. The van der Waals surface area contributed by atoms with E-state index in [9.17, 15) is 0 Å². The van der Waals surface area contributed by atoms with E-state index in [0.29, 0.717) is 13.2 Å². The molecule has 1 saturated heterocycles. The first kappa shape index (κ1) is 9.74. The Bertz CT molecular complexity index is 399.